The average molecular weight is 359 g/mol. The van der Waals surface area contributed by atoms with Crippen molar-refractivity contribution in [3.8, 4) is 0 Å². The first kappa shape index (κ1) is 15.8. The van der Waals surface area contributed by atoms with Crippen molar-refractivity contribution in [1.29, 1.82) is 0 Å². The summed E-state index contributed by atoms with van der Waals surface area (Å²) in [5, 5.41) is 3.77. The molecule has 0 aromatic heterocycles. The van der Waals surface area contributed by atoms with Crippen LogP contribution in [0.25, 0.3) is 0 Å². The van der Waals surface area contributed by atoms with Crippen molar-refractivity contribution in [1.82, 2.24) is 5.32 Å². The molecule has 0 saturated heterocycles. The molecule has 1 aromatic carbocycles. The number of hydrogen-bond acceptors (Lipinski definition) is 1. The fourth-order valence-corrected chi connectivity index (χ4v) is 3.41. The molecular weight excluding hydrogens is 338 g/mol. The van der Waals surface area contributed by atoms with E-state index in [-0.39, 0.29) is 5.91 Å². The minimum Gasteiger partial charge on any atom is -0.349 e. The molecule has 0 heterocycles. The largest absolute Gasteiger partial charge is 0.349 e. The Kier molecular flexibility index (Phi) is 5.91. The number of hydrogen-bond donors (Lipinski definition) is 1. The van der Waals surface area contributed by atoms with Crippen LogP contribution in [0.3, 0.4) is 0 Å². The zero-order valence-corrected chi connectivity index (χ0v) is 14.1. The molecule has 0 unspecified atom stereocenters. The van der Waals surface area contributed by atoms with Gasteiger partial charge in [-0.2, -0.15) is 0 Å². The van der Waals surface area contributed by atoms with Gasteiger partial charge in [-0.05, 0) is 65.7 Å². The third kappa shape index (κ3) is 4.23. The minimum atomic E-state index is 0.00121. The van der Waals surface area contributed by atoms with Gasteiger partial charge in [-0.3, -0.25) is 4.79 Å². The van der Waals surface area contributed by atoms with Gasteiger partial charge < -0.3 is 5.32 Å². The summed E-state index contributed by atoms with van der Waals surface area (Å²) in [6.07, 6.45) is 7.27. The van der Waals surface area contributed by atoms with E-state index in [0.717, 1.165) is 23.2 Å². The summed E-state index contributed by atoms with van der Waals surface area (Å²) in [4.78, 5) is 12.2. The summed E-state index contributed by atoms with van der Waals surface area (Å²) < 4.78 is 0.762. The normalized spacial score (nSPS) is 22.6. The van der Waals surface area contributed by atoms with Crippen molar-refractivity contribution in [2.24, 2.45) is 5.92 Å². The van der Waals surface area contributed by atoms with Crippen molar-refractivity contribution in [3.63, 3.8) is 0 Å². The van der Waals surface area contributed by atoms with Crippen LogP contribution in [-0.4, -0.2) is 11.9 Å². The van der Waals surface area contributed by atoms with Crippen molar-refractivity contribution < 1.29 is 4.79 Å². The summed E-state index contributed by atoms with van der Waals surface area (Å²) in [6.45, 7) is 2.24. The third-order valence-corrected chi connectivity index (χ3v) is 5.27. The molecule has 1 amide bonds. The highest BCUT2D eigenvalue weighted by atomic mass is 79.9. The lowest BCUT2D eigenvalue weighted by molar-refractivity contribution is 0.0921. The van der Waals surface area contributed by atoms with Crippen LogP contribution in [0.5, 0.6) is 0 Å². The number of amides is 1. The Morgan fingerprint density at radius 3 is 2.65 bits per heavy atom. The number of benzene rings is 1. The van der Waals surface area contributed by atoms with Crippen molar-refractivity contribution >= 4 is 33.4 Å². The lowest BCUT2D eigenvalue weighted by Crippen LogP contribution is -2.37. The minimum absolute atomic E-state index is 0.00121. The maximum atomic E-state index is 12.2. The molecule has 0 aliphatic heterocycles. The van der Waals surface area contributed by atoms with Crippen LogP contribution in [0, 0.1) is 5.92 Å². The number of carbonyl (C=O) groups excluding carboxylic acids is 1. The molecule has 4 heteroatoms. The van der Waals surface area contributed by atoms with Gasteiger partial charge in [0, 0.05) is 16.1 Å². The predicted octanol–water partition coefficient (Wildman–Crippen LogP) is 5.19. The van der Waals surface area contributed by atoms with Crippen LogP contribution < -0.4 is 5.32 Å². The van der Waals surface area contributed by atoms with E-state index < -0.39 is 0 Å². The van der Waals surface area contributed by atoms with Gasteiger partial charge in [0.05, 0.1) is 5.02 Å². The Hall–Kier alpha value is -0.540. The first-order valence-electron chi connectivity index (χ1n) is 7.36. The SMILES string of the molecule is CCCC1CCC(NC(=O)c2ccc(Cl)c(Br)c2)CC1. The monoisotopic (exact) mass is 357 g/mol. The molecule has 110 valence electrons. The lowest BCUT2D eigenvalue weighted by atomic mass is 9.83. The topological polar surface area (TPSA) is 29.1 Å². The van der Waals surface area contributed by atoms with E-state index in [1.807, 2.05) is 0 Å². The second-order valence-electron chi connectivity index (χ2n) is 5.61. The molecule has 0 atom stereocenters. The molecule has 1 fully saturated rings. The molecule has 1 N–H and O–H groups in total. The Labute approximate surface area is 134 Å². The van der Waals surface area contributed by atoms with Gasteiger partial charge in [-0.1, -0.05) is 31.4 Å². The first-order chi connectivity index (χ1) is 9.60. The molecule has 1 saturated carbocycles. The summed E-state index contributed by atoms with van der Waals surface area (Å²) in [6, 6.07) is 5.62. The van der Waals surface area contributed by atoms with E-state index in [0.29, 0.717) is 16.6 Å². The van der Waals surface area contributed by atoms with E-state index in [2.05, 4.69) is 28.2 Å². The Balaban J connectivity index is 1.87. The smallest absolute Gasteiger partial charge is 0.251 e. The van der Waals surface area contributed by atoms with Crippen LogP contribution in [0.4, 0.5) is 0 Å². The van der Waals surface area contributed by atoms with E-state index in [1.165, 1.54) is 25.7 Å². The summed E-state index contributed by atoms with van der Waals surface area (Å²) in [5.74, 6) is 0.860. The van der Waals surface area contributed by atoms with E-state index in [4.69, 9.17) is 11.6 Å². The molecule has 0 radical (unpaired) electrons. The highest BCUT2D eigenvalue weighted by Gasteiger charge is 2.22. The lowest BCUT2D eigenvalue weighted by Gasteiger charge is -2.29. The second-order valence-corrected chi connectivity index (χ2v) is 6.87. The zero-order chi connectivity index (χ0) is 14.5. The van der Waals surface area contributed by atoms with Crippen LogP contribution in [0.15, 0.2) is 22.7 Å². The quantitative estimate of drug-likeness (QED) is 0.788. The molecule has 0 bridgehead atoms. The average Bonchev–Trinajstić information content (AvgIpc) is 2.44. The second kappa shape index (κ2) is 7.46. The Morgan fingerprint density at radius 1 is 1.35 bits per heavy atom. The molecule has 0 spiro atoms. The van der Waals surface area contributed by atoms with Crippen molar-refractivity contribution in [2.75, 3.05) is 0 Å². The highest BCUT2D eigenvalue weighted by molar-refractivity contribution is 9.10. The number of carbonyl (C=O) groups is 1. The van der Waals surface area contributed by atoms with E-state index in [1.54, 1.807) is 18.2 Å². The molecule has 20 heavy (non-hydrogen) atoms. The molecule has 1 aliphatic carbocycles. The molecule has 1 aromatic rings. The molecular formula is C16H21BrClNO. The van der Waals surface area contributed by atoms with Crippen LogP contribution in [-0.2, 0) is 0 Å². The van der Waals surface area contributed by atoms with Gasteiger partial charge in [0.2, 0.25) is 0 Å². The molecule has 2 rings (SSSR count). The standard InChI is InChI=1S/C16H21BrClNO/c1-2-3-11-4-7-13(8-5-11)19-16(20)12-6-9-15(18)14(17)10-12/h6,9-11,13H,2-5,7-8H2,1H3,(H,19,20). The molecule has 2 nitrogen and oxygen atoms in total. The van der Waals surface area contributed by atoms with Crippen molar-refractivity contribution in [3.05, 3.63) is 33.3 Å². The maximum absolute atomic E-state index is 12.2. The van der Waals surface area contributed by atoms with E-state index >= 15 is 0 Å². The summed E-state index contributed by atoms with van der Waals surface area (Å²) in [7, 11) is 0. The van der Waals surface area contributed by atoms with Gasteiger partial charge in [-0.15, -0.1) is 0 Å². The van der Waals surface area contributed by atoms with Crippen LogP contribution >= 0.6 is 27.5 Å². The Morgan fingerprint density at radius 2 is 2.05 bits per heavy atom. The number of rotatable bonds is 4. The van der Waals surface area contributed by atoms with Gasteiger partial charge in [0.1, 0.15) is 0 Å². The maximum Gasteiger partial charge on any atom is 0.251 e. The van der Waals surface area contributed by atoms with Gasteiger partial charge >= 0.3 is 0 Å². The van der Waals surface area contributed by atoms with Crippen LogP contribution in [0.1, 0.15) is 55.8 Å². The first-order valence-corrected chi connectivity index (χ1v) is 8.53. The highest BCUT2D eigenvalue weighted by Crippen LogP contribution is 2.28. The summed E-state index contributed by atoms with van der Waals surface area (Å²) in [5.41, 5.74) is 0.664. The number of nitrogens with one attached hydrogen (secondary N) is 1. The van der Waals surface area contributed by atoms with E-state index in [9.17, 15) is 4.79 Å². The zero-order valence-electron chi connectivity index (χ0n) is 11.8. The van der Waals surface area contributed by atoms with Gasteiger partial charge in [-0.25, -0.2) is 0 Å². The third-order valence-electron chi connectivity index (χ3n) is 4.06. The fourth-order valence-electron chi connectivity index (χ4n) is 2.91. The van der Waals surface area contributed by atoms with Crippen LogP contribution in [0.2, 0.25) is 5.02 Å². The molecule has 1 aliphatic rings. The van der Waals surface area contributed by atoms with Gasteiger partial charge in [0.25, 0.3) is 5.91 Å². The number of halogens is 2. The predicted molar refractivity (Wildman–Crippen MR) is 87.3 cm³/mol. The van der Waals surface area contributed by atoms with Gasteiger partial charge in [0.15, 0.2) is 0 Å². The Bertz CT molecular complexity index is 470. The van der Waals surface area contributed by atoms with Crippen molar-refractivity contribution in [2.45, 2.75) is 51.5 Å². The fraction of sp³-hybridized carbons (Fsp3) is 0.562. The summed E-state index contributed by atoms with van der Waals surface area (Å²) >= 11 is 9.30.